The number of nitrogens with zero attached hydrogens (tertiary/aromatic N) is 2. The Kier molecular flexibility index (Phi) is 4.42. The second kappa shape index (κ2) is 6.71. The SMILES string of the molecule is Cc1ccoc1C(=O)N1C[C@@H]2CCC[C@H](N(C)Cc3ccco3)[C@H]2C1. The predicted molar refractivity (Wildman–Crippen MR) is 94.1 cm³/mol. The van der Waals surface area contributed by atoms with Crippen molar-refractivity contribution in [3.05, 3.63) is 47.8 Å². The summed E-state index contributed by atoms with van der Waals surface area (Å²) >= 11 is 0. The van der Waals surface area contributed by atoms with Crippen molar-refractivity contribution in [1.29, 1.82) is 0 Å². The van der Waals surface area contributed by atoms with Gasteiger partial charge in [0, 0.05) is 24.7 Å². The highest BCUT2D eigenvalue weighted by Gasteiger charge is 2.43. The van der Waals surface area contributed by atoms with Gasteiger partial charge in [-0.2, -0.15) is 0 Å². The number of hydrogen-bond acceptors (Lipinski definition) is 4. The van der Waals surface area contributed by atoms with Crippen LogP contribution < -0.4 is 0 Å². The van der Waals surface area contributed by atoms with E-state index in [1.807, 2.05) is 30.0 Å². The predicted octanol–water partition coefficient (Wildman–Crippen LogP) is 3.55. The van der Waals surface area contributed by atoms with E-state index < -0.39 is 0 Å². The van der Waals surface area contributed by atoms with Gasteiger partial charge in [-0.3, -0.25) is 9.69 Å². The first-order valence-electron chi connectivity index (χ1n) is 9.19. The van der Waals surface area contributed by atoms with Gasteiger partial charge in [-0.25, -0.2) is 0 Å². The van der Waals surface area contributed by atoms with Gasteiger partial charge in [-0.05, 0) is 56.8 Å². The molecular formula is C20H26N2O3. The standard InChI is InChI=1S/C20H26N2O3/c1-14-8-10-25-19(14)20(23)22-11-15-5-3-7-18(17(15)13-22)21(2)12-16-6-4-9-24-16/h4,6,8-10,15,17-18H,3,5,7,11-13H2,1-2H3/t15-,17-,18-/m0/s1. The molecule has 1 aliphatic carbocycles. The highest BCUT2D eigenvalue weighted by molar-refractivity contribution is 5.93. The lowest BCUT2D eigenvalue weighted by atomic mass is 9.77. The molecule has 2 fully saturated rings. The van der Waals surface area contributed by atoms with E-state index in [9.17, 15) is 4.79 Å². The molecule has 2 aromatic rings. The summed E-state index contributed by atoms with van der Waals surface area (Å²) in [5.74, 6) is 2.68. The lowest BCUT2D eigenvalue weighted by molar-refractivity contribution is 0.0736. The van der Waals surface area contributed by atoms with Crippen LogP contribution in [0.15, 0.2) is 39.6 Å². The molecule has 4 rings (SSSR count). The van der Waals surface area contributed by atoms with Gasteiger partial charge in [0.05, 0.1) is 19.1 Å². The Morgan fingerprint density at radius 1 is 1.24 bits per heavy atom. The van der Waals surface area contributed by atoms with Crippen molar-refractivity contribution < 1.29 is 13.6 Å². The number of carbonyl (C=O) groups excluding carboxylic acids is 1. The molecule has 1 saturated carbocycles. The summed E-state index contributed by atoms with van der Waals surface area (Å²) < 4.78 is 10.9. The summed E-state index contributed by atoms with van der Waals surface area (Å²) in [5.41, 5.74) is 0.923. The third-order valence-electron chi connectivity index (χ3n) is 5.96. The molecule has 1 amide bonds. The highest BCUT2D eigenvalue weighted by atomic mass is 16.3. The molecular weight excluding hydrogens is 316 g/mol. The van der Waals surface area contributed by atoms with Crippen molar-refractivity contribution >= 4 is 5.91 Å². The largest absolute Gasteiger partial charge is 0.468 e. The topological polar surface area (TPSA) is 49.8 Å². The highest BCUT2D eigenvalue weighted by Crippen LogP contribution is 2.39. The summed E-state index contributed by atoms with van der Waals surface area (Å²) in [4.78, 5) is 17.2. The molecule has 1 aliphatic heterocycles. The fraction of sp³-hybridized carbons (Fsp3) is 0.550. The van der Waals surface area contributed by atoms with Crippen LogP contribution in [0.1, 0.15) is 41.1 Å². The van der Waals surface area contributed by atoms with Crippen molar-refractivity contribution in [3.63, 3.8) is 0 Å². The van der Waals surface area contributed by atoms with Crippen molar-refractivity contribution in [3.8, 4) is 0 Å². The molecule has 5 nitrogen and oxygen atoms in total. The fourth-order valence-corrected chi connectivity index (χ4v) is 4.66. The number of fused-ring (bicyclic) bond motifs is 1. The second-order valence-electron chi connectivity index (χ2n) is 7.56. The van der Waals surface area contributed by atoms with Gasteiger partial charge in [-0.1, -0.05) is 6.42 Å². The Morgan fingerprint density at radius 2 is 2.12 bits per heavy atom. The Labute approximate surface area is 148 Å². The smallest absolute Gasteiger partial charge is 0.289 e. The molecule has 0 aromatic carbocycles. The van der Waals surface area contributed by atoms with Gasteiger partial charge < -0.3 is 13.7 Å². The zero-order valence-electron chi connectivity index (χ0n) is 15.0. The zero-order chi connectivity index (χ0) is 17.4. The first-order valence-corrected chi connectivity index (χ1v) is 9.19. The zero-order valence-corrected chi connectivity index (χ0v) is 15.0. The summed E-state index contributed by atoms with van der Waals surface area (Å²) in [6.45, 7) is 4.44. The van der Waals surface area contributed by atoms with Crippen LogP contribution in [-0.4, -0.2) is 41.9 Å². The van der Waals surface area contributed by atoms with E-state index in [0.29, 0.717) is 23.6 Å². The van der Waals surface area contributed by atoms with Gasteiger partial charge in [0.15, 0.2) is 5.76 Å². The third kappa shape index (κ3) is 3.13. The monoisotopic (exact) mass is 342 g/mol. The summed E-state index contributed by atoms with van der Waals surface area (Å²) in [6.07, 6.45) is 6.98. The minimum atomic E-state index is 0.0457. The molecule has 0 N–H and O–H groups in total. The van der Waals surface area contributed by atoms with Crippen LogP contribution in [-0.2, 0) is 6.54 Å². The van der Waals surface area contributed by atoms with E-state index in [4.69, 9.17) is 8.83 Å². The van der Waals surface area contributed by atoms with Crippen LogP contribution in [0.3, 0.4) is 0 Å². The number of carbonyl (C=O) groups is 1. The maximum absolute atomic E-state index is 12.8. The van der Waals surface area contributed by atoms with Crippen LogP contribution in [0.25, 0.3) is 0 Å². The normalized spacial score (nSPS) is 26.2. The summed E-state index contributed by atoms with van der Waals surface area (Å²) in [6, 6.07) is 6.32. The molecule has 3 atom stereocenters. The Balaban J connectivity index is 1.46. The molecule has 1 saturated heterocycles. The van der Waals surface area contributed by atoms with Crippen LogP contribution in [0.5, 0.6) is 0 Å². The third-order valence-corrected chi connectivity index (χ3v) is 5.96. The molecule has 0 spiro atoms. The maximum atomic E-state index is 12.8. The lowest BCUT2D eigenvalue weighted by Gasteiger charge is -2.38. The van der Waals surface area contributed by atoms with Gasteiger partial charge >= 0.3 is 0 Å². The molecule has 2 aromatic heterocycles. The Hall–Kier alpha value is -2.01. The van der Waals surface area contributed by atoms with Gasteiger partial charge in [0.2, 0.25) is 0 Å². The first-order chi connectivity index (χ1) is 12.1. The van der Waals surface area contributed by atoms with Crippen LogP contribution >= 0.6 is 0 Å². The number of amides is 1. The molecule has 0 radical (unpaired) electrons. The summed E-state index contributed by atoms with van der Waals surface area (Å²) in [7, 11) is 2.18. The second-order valence-corrected chi connectivity index (χ2v) is 7.56. The van der Waals surface area contributed by atoms with Crippen molar-refractivity contribution in [2.75, 3.05) is 20.1 Å². The average Bonchev–Trinajstić information content (AvgIpc) is 3.33. The van der Waals surface area contributed by atoms with E-state index in [0.717, 1.165) is 31.0 Å². The maximum Gasteiger partial charge on any atom is 0.289 e. The van der Waals surface area contributed by atoms with Crippen molar-refractivity contribution in [2.24, 2.45) is 11.8 Å². The molecule has 2 aliphatic rings. The van der Waals surface area contributed by atoms with E-state index in [1.165, 1.54) is 19.3 Å². The quantitative estimate of drug-likeness (QED) is 0.852. The fourth-order valence-electron chi connectivity index (χ4n) is 4.66. The molecule has 25 heavy (non-hydrogen) atoms. The molecule has 5 heteroatoms. The first kappa shape index (κ1) is 16.5. The summed E-state index contributed by atoms with van der Waals surface area (Å²) in [5, 5.41) is 0. The number of aryl methyl sites for hydroxylation is 1. The molecule has 0 bridgehead atoms. The lowest BCUT2D eigenvalue weighted by Crippen LogP contribution is -2.43. The van der Waals surface area contributed by atoms with E-state index in [2.05, 4.69) is 11.9 Å². The van der Waals surface area contributed by atoms with E-state index >= 15 is 0 Å². The number of rotatable bonds is 4. The van der Waals surface area contributed by atoms with Crippen LogP contribution in [0.4, 0.5) is 0 Å². The Morgan fingerprint density at radius 3 is 2.84 bits per heavy atom. The van der Waals surface area contributed by atoms with Crippen LogP contribution in [0, 0.1) is 18.8 Å². The molecule has 3 heterocycles. The van der Waals surface area contributed by atoms with Crippen molar-refractivity contribution in [2.45, 2.75) is 38.8 Å². The van der Waals surface area contributed by atoms with Crippen molar-refractivity contribution in [1.82, 2.24) is 9.80 Å². The number of likely N-dealkylation sites (tertiary alicyclic amines) is 1. The Bertz CT molecular complexity index is 721. The molecule has 0 unspecified atom stereocenters. The number of hydrogen-bond donors (Lipinski definition) is 0. The van der Waals surface area contributed by atoms with E-state index in [-0.39, 0.29) is 5.91 Å². The van der Waals surface area contributed by atoms with E-state index in [1.54, 1.807) is 12.5 Å². The van der Waals surface area contributed by atoms with Gasteiger partial charge in [0.25, 0.3) is 5.91 Å². The minimum Gasteiger partial charge on any atom is -0.468 e. The van der Waals surface area contributed by atoms with Gasteiger partial charge in [0.1, 0.15) is 5.76 Å². The van der Waals surface area contributed by atoms with Crippen LogP contribution in [0.2, 0.25) is 0 Å². The minimum absolute atomic E-state index is 0.0457. The number of furan rings is 2. The average molecular weight is 342 g/mol. The van der Waals surface area contributed by atoms with Gasteiger partial charge in [-0.15, -0.1) is 0 Å². The molecule has 134 valence electrons.